The second kappa shape index (κ2) is 9.38. The van der Waals surface area contributed by atoms with Crippen molar-refractivity contribution in [2.75, 3.05) is 38.3 Å². The zero-order valence-corrected chi connectivity index (χ0v) is 21.1. The summed E-state index contributed by atoms with van der Waals surface area (Å²) < 4.78 is 65.8. The van der Waals surface area contributed by atoms with Crippen molar-refractivity contribution < 1.29 is 31.8 Å². The van der Waals surface area contributed by atoms with E-state index in [0.29, 0.717) is 38.6 Å². The number of carbonyl (C=O) groups excluding carboxylic acids is 1. The highest BCUT2D eigenvalue weighted by Crippen LogP contribution is 2.56. The fourth-order valence-electron chi connectivity index (χ4n) is 8.01. The second-order valence-electron chi connectivity index (χ2n) is 11.6. The Morgan fingerprint density at radius 1 is 1.19 bits per heavy atom. The molecule has 3 aliphatic heterocycles. The molecule has 6 rings (SSSR count). The summed E-state index contributed by atoms with van der Waals surface area (Å²) in [7, 11) is 1.71. The Bertz CT molecular complexity index is 1040. The van der Waals surface area contributed by atoms with Gasteiger partial charge in [0.1, 0.15) is 0 Å². The van der Waals surface area contributed by atoms with Crippen LogP contribution < -0.4 is 10.2 Å². The molecule has 1 aromatic carbocycles. The van der Waals surface area contributed by atoms with Gasteiger partial charge >= 0.3 is 6.18 Å². The van der Waals surface area contributed by atoms with Crippen molar-refractivity contribution >= 4 is 11.6 Å². The summed E-state index contributed by atoms with van der Waals surface area (Å²) in [5.74, 6) is -0.678. The Balaban J connectivity index is 1.15. The van der Waals surface area contributed by atoms with Crippen LogP contribution in [0.5, 0.6) is 0 Å². The van der Waals surface area contributed by atoms with Crippen LogP contribution in [0.1, 0.15) is 50.5 Å². The first-order valence-electron chi connectivity index (χ1n) is 13.5. The monoisotopic (exact) mass is 525 g/mol. The molecule has 7 atom stereocenters. The van der Waals surface area contributed by atoms with Crippen molar-refractivity contribution in [2.24, 2.45) is 11.3 Å². The minimum atomic E-state index is -4.74. The lowest BCUT2D eigenvalue weighted by molar-refractivity contribution is -0.144. The highest BCUT2D eigenvalue weighted by atomic mass is 19.4. The molecule has 5 aliphatic rings. The van der Waals surface area contributed by atoms with Crippen molar-refractivity contribution in [3.63, 3.8) is 0 Å². The van der Waals surface area contributed by atoms with E-state index >= 15 is 0 Å². The van der Waals surface area contributed by atoms with Gasteiger partial charge in [-0.1, -0.05) is 12.5 Å². The number of hydrogen-bond donors (Lipinski definition) is 1. The third-order valence-electron chi connectivity index (χ3n) is 9.71. The van der Waals surface area contributed by atoms with Crippen LogP contribution in [0.15, 0.2) is 18.2 Å². The van der Waals surface area contributed by atoms with Crippen molar-refractivity contribution in [1.29, 1.82) is 0 Å². The first-order valence-corrected chi connectivity index (χ1v) is 13.5. The van der Waals surface area contributed by atoms with Gasteiger partial charge in [0.15, 0.2) is 5.82 Å². The minimum Gasteiger partial charge on any atom is -0.379 e. The number of benzene rings is 1. The first kappa shape index (κ1) is 25.4. The van der Waals surface area contributed by atoms with Crippen LogP contribution in [0.3, 0.4) is 0 Å². The average molecular weight is 526 g/mol. The van der Waals surface area contributed by atoms with Gasteiger partial charge in [-0.05, 0) is 56.6 Å². The molecule has 0 spiro atoms. The number of hydrogen-bond acceptors (Lipinski definition) is 5. The second-order valence-corrected chi connectivity index (χ2v) is 11.6. The van der Waals surface area contributed by atoms with E-state index in [9.17, 15) is 22.4 Å². The standard InChI is InChI=1S/C27H35F4N3O3/c1-36-23-15-37-9-7-21(23)32-17-10-16-4-3-8-26(16,12-17)25(35)34-14-18-11-19(34)13-33(18)22-6-2-5-20(24(22)28)27(29,30)31/h2,5-6,16-19,21,23,32H,3-4,7-15H2,1H3/t16-,17-,18-,19+,21+,23-,26-/m1/s1. The van der Waals surface area contributed by atoms with Gasteiger partial charge in [0.05, 0.1) is 35.4 Å². The topological polar surface area (TPSA) is 54.0 Å². The zero-order valence-electron chi connectivity index (χ0n) is 21.1. The lowest BCUT2D eigenvalue weighted by Gasteiger charge is -2.41. The van der Waals surface area contributed by atoms with Crippen LogP contribution in [0.25, 0.3) is 0 Å². The number of likely N-dealkylation sites (tertiary alicyclic amines) is 1. The van der Waals surface area contributed by atoms with Gasteiger partial charge in [0, 0.05) is 44.9 Å². The molecule has 2 saturated carbocycles. The van der Waals surface area contributed by atoms with Crippen LogP contribution in [-0.2, 0) is 20.4 Å². The fourth-order valence-corrected chi connectivity index (χ4v) is 8.01. The van der Waals surface area contributed by atoms with E-state index in [1.165, 1.54) is 12.1 Å². The van der Waals surface area contributed by atoms with E-state index in [0.717, 1.165) is 44.6 Å². The molecule has 0 aromatic heterocycles. The van der Waals surface area contributed by atoms with E-state index < -0.39 is 17.6 Å². The zero-order chi connectivity index (χ0) is 25.9. The molecule has 1 amide bonds. The third kappa shape index (κ3) is 4.23. The van der Waals surface area contributed by atoms with Crippen molar-refractivity contribution in [3.05, 3.63) is 29.6 Å². The molecule has 204 valence electrons. The molecule has 0 unspecified atom stereocenters. The lowest BCUT2D eigenvalue weighted by Crippen LogP contribution is -2.54. The average Bonchev–Trinajstić information content (AvgIpc) is 3.63. The third-order valence-corrected chi connectivity index (χ3v) is 9.71. The van der Waals surface area contributed by atoms with E-state index in [4.69, 9.17) is 9.47 Å². The summed E-state index contributed by atoms with van der Waals surface area (Å²) >= 11 is 0. The molecule has 10 heteroatoms. The van der Waals surface area contributed by atoms with Crippen LogP contribution in [0.4, 0.5) is 23.2 Å². The normalized spacial score (nSPS) is 37.4. The number of nitrogens with one attached hydrogen (secondary N) is 1. The van der Waals surface area contributed by atoms with Gasteiger partial charge in [0.2, 0.25) is 5.91 Å². The molecule has 3 heterocycles. The van der Waals surface area contributed by atoms with E-state index in [1.807, 2.05) is 4.90 Å². The maximum absolute atomic E-state index is 14.8. The maximum atomic E-state index is 14.8. The summed E-state index contributed by atoms with van der Waals surface area (Å²) in [6.07, 6.45) is 1.60. The number of carbonyl (C=O) groups is 1. The highest BCUT2D eigenvalue weighted by Gasteiger charge is 2.59. The van der Waals surface area contributed by atoms with Crippen LogP contribution in [0, 0.1) is 17.2 Å². The van der Waals surface area contributed by atoms with Gasteiger partial charge in [-0.25, -0.2) is 4.39 Å². The number of rotatable bonds is 5. The molecule has 6 nitrogen and oxygen atoms in total. The molecule has 1 N–H and O–H groups in total. The van der Waals surface area contributed by atoms with Gasteiger partial charge in [-0.2, -0.15) is 13.2 Å². The maximum Gasteiger partial charge on any atom is 0.419 e. The SMILES string of the molecule is CO[C@@H]1COCC[C@@H]1N[C@@H]1C[C@H]2CCC[C@@]2(C(=O)N2C[C@H]3C[C@H]2CN3c2cccc(C(F)(F)F)c2F)C1. The Morgan fingerprint density at radius 2 is 2.03 bits per heavy atom. The molecule has 2 aliphatic carbocycles. The summed E-state index contributed by atoms with van der Waals surface area (Å²) in [6.45, 7) is 2.10. The Hall–Kier alpha value is -1.91. The molecule has 5 fully saturated rings. The van der Waals surface area contributed by atoms with Gasteiger partial charge in [0.25, 0.3) is 0 Å². The lowest BCUT2D eigenvalue weighted by atomic mass is 9.78. The Morgan fingerprint density at radius 3 is 2.76 bits per heavy atom. The summed E-state index contributed by atoms with van der Waals surface area (Å²) in [4.78, 5) is 17.8. The smallest absolute Gasteiger partial charge is 0.379 e. The molecular formula is C27H35F4N3O3. The molecule has 37 heavy (non-hydrogen) atoms. The van der Waals surface area contributed by atoms with Crippen molar-refractivity contribution in [3.8, 4) is 0 Å². The van der Waals surface area contributed by atoms with E-state index in [2.05, 4.69) is 5.32 Å². The number of halogens is 4. The number of alkyl halides is 3. The predicted molar refractivity (Wildman–Crippen MR) is 129 cm³/mol. The molecule has 3 saturated heterocycles. The predicted octanol–water partition coefficient (Wildman–Crippen LogP) is 3.98. The van der Waals surface area contributed by atoms with Crippen LogP contribution in [0.2, 0.25) is 0 Å². The number of amides is 1. The van der Waals surface area contributed by atoms with Gasteiger partial charge < -0.3 is 24.6 Å². The number of fused-ring (bicyclic) bond motifs is 3. The van der Waals surface area contributed by atoms with Crippen molar-refractivity contribution in [1.82, 2.24) is 10.2 Å². The molecule has 2 bridgehead atoms. The van der Waals surface area contributed by atoms with Crippen LogP contribution in [-0.4, -0.2) is 74.5 Å². The largest absolute Gasteiger partial charge is 0.419 e. The van der Waals surface area contributed by atoms with Gasteiger partial charge in [-0.15, -0.1) is 0 Å². The Kier molecular flexibility index (Phi) is 6.43. The van der Waals surface area contributed by atoms with Crippen LogP contribution >= 0.6 is 0 Å². The summed E-state index contributed by atoms with van der Waals surface area (Å²) in [6, 6.07) is 3.67. The molecule has 1 aromatic rings. The van der Waals surface area contributed by atoms with Gasteiger partial charge in [-0.3, -0.25) is 4.79 Å². The number of piperazine rings is 1. The molecular weight excluding hydrogens is 490 g/mol. The number of anilines is 1. The quantitative estimate of drug-likeness (QED) is 0.590. The highest BCUT2D eigenvalue weighted by molar-refractivity contribution is 5.85. The summed E-state index contributed by atoms with van der Waals surface area (Å²) in [5, 5.41) is 3.79. The number of nitrogens with zero attached hydrogens (tertiary/aromatic N) is 2. The summed E-state index contributed by atoms with van der Waals surface area (Å²) in [5.41, 5.74) is -1.62. The fraction of sp³-hybridized carbons (Fsp3) is 0.741. The number of methoxy groups -OCH3 is 1. The van der Waals surface area contributed by atoms with E-state index in [-0.39, 0.29) is 47.3 Å². The molecule has 0 radical (unpaired) electrons. The number of ether oxygens (including phenoxy) is 2. The Labute approximate surface area is 214 Å². The van der Waals surface area contributed by atoms with E-state index in [1.54, 1.807) is 12.0 Å². The van der Waals surface area contributed by atoms with Crippen molar-refractivity contribution in [2.45, 2.75) is 81.4 Å². The minimum absolute atomic E-state index is 0.0115. The first-order chi connectivity index (χ1) is 17.7.